The van der Waals surface area contributed by atoms with E-state index in [4.69, 9.17) is 4.74 Å². The zero-order valence-corrected chi connectivity index (χ0v) is 16.5. The van der Waals surface area contributed by atoms with Crippen molar-refractivity contribution in [3.63, 3.8) is 0 Å². The predicted octanol–water partition coefficient (Wildman–Crippen LogP) is 2.27. The molecule has 4 rings (SSSR count). The first-order chi connectivity index (χ1) is 13.9. The quantitative estimate of drug-likeness (QED) is 0.828. The molecule has 154 valence electrons. The number of hydrogen-bond donors (Lipinski definition) is 1. The van der Waals surface area contributed by atoms with Gasteiger partial charge in [0.25, 0.3) is 0 Å². The number of hydrogen-bond acceptors (Lipinski definition) is 4. The fourth-order valence-corrected chi connectivity index (χ4v) is 5.25. The molecule has 0 bridgehead atoms. The number of carbonyl (C=O) groups is 1. The number of halogens is 1. The molecule has 0 aliphatic carbocycles. The van der Waals surface area contributed by atoms with Gasteiger partial charge in [0, 0.05) is 18.8 Å². The summed E-state index contributed by atoms with van der Waals surface area (Å²) in [6.45, 7) is 0.604. The van der Waals surface area contributed by atoms with Gasteiger partial charge < -0.3 is 15.0 Å². The minimum absolute atomic E-state index is 0.0404. The second-order valence-electron chi connectivity index (χ2n) is 7.17. The Bertz CT molecular complexity index is 986. The lowest BCUT2D eigenvalue weighted by atomic mass is 10.1. The van der Waals surface area contributed by atoms with Gasteiger partial charge >= 0.3 is 6.03 Å². The van der Waals surface area contributed by atoms with Crippen LogP contribution in [0.2, 0.25) is 0 Å². The summed E-state index contributed by atoms with van der Waals surface area (Å²) in [7, 11) is -3.61. The summed E-state index contributed by atoms with van der Waals surface area (Å²) in [5.41, 5.74) is 1.22. The van der Waals surface area contributed by atoms with Gasteiger partial charge in [-0.05, 0) is 29.8 Å². The third-order valence-electron chi connectivity index (χ3n) is 5.18. The Hall–Kier alpha value is -2.49. The molecule has 2 aliphatic heterocycles. The van der Waals surface area contributed by atoms with Gasteiger partial charge in [0.05, 0.1) is 31.1 Å². The van der Waals surface area contributed by atoms with Gasteiger partial charge in [0.2, 0.25) is 10.0 Å². The van der Waals surface area contributed by atoms with E-state index >= 15 is 0 Å². The molecule has 0 unspecified atom stereocenters. The molecule has 29 heavy (non-hydrogen) atoms. The Kier molecular flexibility index (Phi) is 5.53. The number of fused-ring (bicyclic) bond motifs is 1. The summed E-state index contributed by atoms with van der Waals surface area (Å²) in [4.78, 5) is 14.2. The number of nitrogens with one attached hydrogen (secondary N) is 1. The molecule has 2 aromatic rings. The molecule has 9 heteroatoms. The SMILES string of the molecule is O=C(Nc1ccccc1)N1C[C@@H]2OCCS(=O)(=O)N(Cc3cccc(F)c3)[C@@H]2C1. The maximum absolute atomic E-state index is 13.6. The van der Waals surface area contributed by atoms with Crippen LogP contribution in [0.25, 0.3) is 0 Å². The van der Waals surface area contributed by atoms with Gasteiger partial charge in [-0.15, -0.1) is 0 Å². The lowest BCUT2D eigenvalue weighted by Gasteiger charge is -2.28. The lowest BCUT2D eigenvalue weighted by molar-refractivity contribution is 0.0472. The minimum atomic E-state index is -3.61. The molecule has 0 saturated carbocycles. The average Bonchev–Trinajstić information content (AvgIpc) is 3.06. The Morgan fingerprint density at radius 3 is 2.69 bits per heavy atom. The van der Waals surface area contributed by atoms with Gasteiger partial charge in [0.1, 0.15) is 5.82 Å². The van der Waals surface area contributed by atoms with Gasteiger partial charge in [-0.1, -0.05) is 30.3 Å². The van der Waals surface area contributed by atoms with Gasteiger partial charge in [-0.25, -0.2) is 17.6 Å². The number of urea groups is 1. The summed E-state index contributed by atoms with van der Waals surface area (Å²) in [5, 5.41) is 2.82. The number of ether oxygens (including phenoxy) is 1. The molecule has 2 aliphatic rings. The highest BCUT2D eigenvalue weighted by Gasteiger charge is 2.45. The van der Waals surface area contributed by atoms with E-state index in [0.717, 1.165) is 0 Å². The van der Waals surface area contributed by atoms with Crippen LogP contribution in [-0.2, 0) is 21.3 Å². The second-order valence-corrected chi connectivity index (χ2v) is 9.21. The van der Waals surface area contributed by atoms with Crippen LogP contribution < -0.4 is 5.32 Å². The summed E-state index contributed by atoms with van der Waals surface area (Å²) >= 11 is 0. The number of para-hydroxylation sites is 1. The molecule has 0 radical (unpaired) electrons. The fraction of sp³-hybridized carbons (Fsp3) is 0.350. The van der Waals surface area contributed by atoms with Crippen LogP contribution in [0.4, 0.5) is 14.9 Å². The van der Waals surface area contributed by atoms with Gasteiger partial charge in [0.15, 0.2) is 0 Å². The fourth-order valence-electron chi connectivity index (χ4n) is 3.75. The number of anilines is 1. The summed E-state index contributed by atoms with van der Waals surface area (Å²) in [6.07, 6.45) is -0.428. The maximum atomic E-state index is 13.6. The highest BCUT2D eigenvalue weighted by atomic mass is 32.2. The Morgan fingerprint density at radius 1 is 1.14 bits per heavy atom. The summed E-state index contributed by atoms with van der Waals surface area (Å²) < 4.78 is 46.4. The van der Waals surface area contributed by atoms with Crippen LogP contribution in [0.1, 0.15) is 5.56 Å². The minimum Gasteiger partial charge on any atom is -0.374 e. The predicted molar refractivity (Wildman–Crippen MR) is 106 cm³/mol. The number of sulfonamides is 1. The van der Waals surface area contributed by atoms with Gasteiger partial charge in [-0.2, -0.15) is 4.31 Å². The molecule has 2 aromatic carbocycles. The van der Waals surface area contributed by atoms with Crippen molar-refractivity contribution in [3.05, 3.63) is 66.0 Å². The molecule has 2 atom stereocenters. The van der Waals surface area contributed by atoms with E-state index in [1.165, 1.54) is 16.4 Å². The Morgan fingerprint density at radius 2 is 1.93 bits per heavy atom. The lowest BCUT2D eigenvalue weighted by Crippen LogP contribution is -2.45. The number of benzene rings is 2. The third kappa shape index (κ3) is 4.42. The molecule has 0 aromatic heterocycles. The van der Waals surface area contributed by atoms with Crippen molar-refractivity contribution in [3.8, 4) is 0 Å². The molecule has 0 spiro atoms. The standard InChI is InChI=1S/C20H22FN3O4S/c21-16-6-4-5-15(11-16)12-24-18-13-23(14-19(18)28-9-10-29(24,26)27)20(25)22-17-7-2-1-3-8-17/h1-8,11,18-19H,9-10,12-14H2,(H,22,25)/t18-,19+/m1/s1. The van der Waals surface area contributed by atoms with E-state index in [9.17, 15) is 17.6 Å². The van der Waals surface area contributed by atoms with E-state index in [1.54, 1.807) is 29.2 Å². The highest BCUT2D eigenvalue weighted by Crippen LogP contribution is 2.27. The van der Waals surface area contributed by atoms with E-state index in [1.807, 2.05) is 18.2 Å². The van der Waals surface area contributed by atoms with Crippen molar-refractivity contribution < 1.29 is 22.3 Å². The van der Waals surface area contributed by atoms with Crippen molar-refractivity contribution >= 4 is 21.7 Å². The van der Waals surface area contributed by atoms with Crippen LogP contribution in [0.15, 0.2) is 54.6 Å². The molecule has 1 N–H and O–H groups in total. The second kappa shape index (κ2) is 8.10. The number of likely N-dealkylation sites (tertiary alicyclic amines) is 1. The zero-order chi connectivity index (χ0) is 20.4. The molecular weight excluding hydrogens is 397 g/mol. The number of rotatable bonds is 3. The van der Waals surface area contributed by atoms with E-state index in [-0.39, 0.29) is 31.5 Å². The topological polar surface area (TPSA) is 79.0 Å². The molecule has 2 heterocycles. The van der Waals surface area contributed by atoms with Crippen molar-refractivity contribution in [2.45, 2.75) is 18.7 Å². The summed E-state index contributed by atoms with van der Waals surface area (Å²) in [5.74, 6) is -0.552. The number of amides is 2. The van der Waals surface area contributed by atoms with Crippen LogP contribution in [0, 0.1) is 5.82 Å². The van der Waals surface area contributed by atoms with Crippen LogP contribution in [0.5, 0.6) is 0 Å². The molecular formula is C20H22FN3O4S. The Balaban J connectivity index is 1.54. The molecule has 7 nitrogen and oxygen atoms in total. The number of nitrogens with zero attached hydrogens (tertiary/aromatic N) is 2. The van der Waals surface area contributed by atoms with Crippen molar-refractivity contribution in [1.82, 2.24) is 9.21 Å². The van der Waals surface area contributed by atoms with Crippen molar-refractivity contribution in [1.29, 1.82) is 0 Å². The van der Waals surface area contributed by atoms with E-state index in [2.05, 4.69) is 5.32 Å². The van der Waals surface area contributed by atoms with Crippen molar-refractivity contribution in [2.24, 2.45) is 0 Å². The highest BCUT2D eigenvalue weighted by molar-refractivity contribution is 7.89. The van der Waals surface area contributed by atoms with Crippen LogP contribution in [0.3, 0.4) is 0 Å². The monoisotopic (exact) mass is 419 g/mol. The average molecular weight is 419 g/mol. The molecule has 2 saturated heterocycles. The zero-order valence-electron chi connectivity index (χ0n) is 15.7. The van der Waals surface area contributed by atoms with Crippen LogP contribution in [-0.4, -0.2) is 61.2 Å². The van der Waals surface area contributed by atoms with Crippen molar-refractivity contribution in [2.75, 3.05) is 30.8 Å². The van der Waals surface area contributed by atoms with E-state index in [0.29, 0.717) is 17.8 Å². The van der Waals surface area contributed by atoms with E-state index < -0.39 is 28.0 Å². The maximum Gasteiger partial charge on any atom is 0.321 e. The number of carbonyl (C=O) groups excluding carboxylic acids is 1. The first kappa shape index (κ1) is 19.8. The summed E-state index contributed by atoms with van der Waals surface area (Å²) in [6, 6.07) is 14.1. The molecule has 2 amide bonds. The Labute approximate surface area is 169 Å². The van der Waals surface area contributed by atoms with Crippen LogP contribution >= 0.6 is 0 Å². The first-order valence-electron chi connectivity index (χ1n) is 9.39. The third-order valence-corrected chi connectivity index (χ3v) is 6.97. The first-order valence-corrected chi connectivity index (χ1v) is 11.0. The normalized spacial score (nSPS) is 24.0. The van der Waals surface area contributed by atoms with Gasteiger partial charge in [-0.3, -0.25) is 0 Å². The smallest absolute Gasteiger partial charge is 0.321 e. The molecule has 2 fully saturated rings. The largest absolute Gasteiger partial charge is 0.374 e.